The third-order valence-electron chi connectivity index (χ3n) is 4.30. The second kappa shape index (κ2) is 7.46. The van der Waals surface area contributed by atoms with E-state index < -0.39 is 5.97 Å². The largest absolute Gasteiger partial charge is 0.451 e. The van der Waals surface area contributed by atoms with Crippen molar-refractivity contribution in [2.24, 2.45) is 5.92 Å². The lowest BCUT2D eigenvalue weighted by molar-refractivity contribution is -0.136. The van der Waals surface area contributed by atoms with Gasteiger partial charge in [0.25, 0.3) is 5.91 Å². The van der Waals surface area contributed by atoms with E-state index in [1.54, 1.807) is 11.8 Å². The fraction of sp³-hybridized carbons (Fsp3) is 0.444. The number of piperidine rings is 1. The quantitative estimate of drug-likeness (QED) is 0.794. The summed E-state index contributed by atoms with van der Waals surface area (Å²) in [6, 6.07) is 9.31. The maximum absolute atomic E-state index is 12.3. The lowest BCUT2D eigenvalue weighted by Crippen LogP contribution is -2.41. The topological polar surface area (TPSA) is 77.3 Å². The number of aromatic nitrogens is 3. The Hall–Kier alpha value is -2.70. The van der Waals surface area contributed by atoms with Crippen molar-refractivity contribution in [3.63, 3.8) is 0 Å². The van der Waals surface area contributed by atoms with Crippen LogP contribution in [0.2, 0.25) is 0 Å². The number of aryl methyl sites for hydroxylation is 1. The summed E-state index contributed by atoms with van der Waals surface area (Å²) >= 11 is 0. The SMILES string of the molecule is Cc1nn(-c2ccccc2)nc1C(=O)OCC(=O)N1CCC[C@@H](C)C1. The number of hydrogen-bond donors (Lipinski definition) is 0. The first-order valence-corrected chi connectivity index (χ1v) is 8.49. The van der Waals surface area contributed by atoms with E-state index in [4.69, 9.17) is 4.74 Å². The molecule has 7 nitrogen and oxygen atoms in total. The minimum absolute atomic E-state index is 0.128. The van der Waals surface area contributed by atoms with Gasteiger partial charge in [-0.3, -0.25) is 4.79 Å². The molecule has 25 heavy (non-hydrogen) atoms. The van der Waals surface area contributed by atoms with Crippen LogP contribution in [0, 0.1) is 12.8 Å². The number of benzene rings is 1. The monoisotopic (exact) mass is 342 g/mol. The van der Waals surface area contributed by atoms with Crippen LogP contribution < -0.4 is 0 Å². The Labute approximate surface area is 146 Å². The summed E-state index contributed by atoms with van der Waals surface area (Å²) in [5.41, 5.74) is 1.35. The fourth-order valence-electron chi connectivity index (χ4n) is 2.95. The van der Waals surface area contributed by atoms with E-state index in [9.17, 15) is 9.59 Å². The molecule has 1 aliphatic rings. The molecule has 0 spiro atoms. The number of ether oxygens (including phenoxy) is 1. The molecular weight excluding hydrogens is 320 g/mol. The van der Waals surface area contributed by atoms with Crippen LogP contribution in [0.25, 0.3) is 5.69 Å². The van der Waals surface area contributed by atoms with Crippen LogP contribution in [0.3, 0.4) is 0 Å². The molecular formula is C18H22N4O3. The van der Waals surface area contributed by atoms with Crippen LogP contribution in [0.15, 0.2) is 30.3 Å². The van der Waals surface area contributed by atoms with E-state index in [0.717, 1.165) is 31.6 Å². The molecule has 2 aromatic rings. The summed E-state index contributed by atoms with van der Waals surface area (Å²) in [6.45, 7) is 5.00. The zero-order valence-corrected chi connectivity index (χ0v) is 14.5. The molecule has 2 heterocycles. The zero-order chi connectivity index (χ0) is 17.8. The number of likely N-dealkylation sites (tertiary alicyclic amines) is 1. The van der Waals surface area contributed by atoms with Crippen molar-refractivity contribution in [3.8, 4) is 5.69 Å². The van der Waals surface area contributed by atoms with E-state index in [2.05, 4.69) is 17.1 Å². The van der Waals surface area contributed by atoms with Gasteiger partial charge in [0.1, 0.15) is 0 Å². The Bertz CT molecular complexity index is 757. The molecule has 1 amide bonds. The molecule has 0 unspecified atom stereocenters. The predicted molar refractivity (Wildman–Crippen MR) is 91.4 cm³/mol. The summed E-state index contributed by atoms with van der Waals surface area (Å²) in [5, 5.41) is 8.43. The smallest absolute Gasteiger partial charge is 0.361 e. The highest BCUT2D eigenvalue weighted by molar-refractivity contribution is 5.90. The second-order valence-corrected chi connectivity index (χ2v) is 6.42. The molecule has 1 aromatic carbocycles. The van der Waals surface area contributed by atoms with Crippen molar-refractivity contribution >= 4 is 11.9 Å². The van der Waals surface area contributed by atoms with Gasteiger partial charge < -0.3 is 9.64 Å². The van der Waals surface area contributed by atoms with Gasteiger partial charge in [0, 0.05) is 13.1 Å². The van der Waals surface area contributed by atoms with Gasteiger partial charge in [-0.15, -0.1) is 5.10 Å². The van der Waals surface area contributed by atoms with Gasteiger partial charge in [-0.25, -0.2) is 4.79 Å². The fourth-order valence-corrected chi connectivity index (χ4v) is 2.95. The first-order valence-electron chi connectivity index (χ1n) is 8.49. The Balaban J connectivity index is 1.62. The summed E-state index contributed by atoms with van der Waals surface area (Å²) < 4.78 is 5.16. The molecule has 0 N–H and O–H groups in total. The lowest BCUT2D eigenvalue weighted by atomic mass is 10.0. The maximum atomic E-state index is 12.3. The third kappa shape index (κ3) is 4.04. The Morgan fingerprint density at radius 3 is 2.72 bits per heavy atom. The Kier molecular flexibility index (Phi) is 5.11. The van der Waals surface area contributed by atoms with Gasteiger partial charge in [-0.05, 0) is 37.8 Å². The predicted octanol–water partition coefficient (Wildman–Crippen LogP) is 1.99. The summed E-state index contributed by atoms with van der Waals surface area (Å²) in [5.74, 6) is -0.299. The Morgan fingerprint density at radius 1 is 1.24 bits per heavy atom. The average Bonchev–Trinajstić information content (AvgIpc) is 3.02. The van der Waals surface area contributed by atoms with Crippen molar-refractivity contribution in [2.45, 2.75) is 26.7 Å². The van der Waals surface area contributed by atoms with Gasteiger partial charge in [0.05, 0.1) is 11.4 Å². The van der Waals surface area contributed by atoms with E-state index >= 15 is 0 Å². The van der Waals surface area contributed by atoms with Crippen LogP contribution >= 0.6 is 0 Å². The summed E-state index contributed by atoms with van der Waals surface area (Å²) in [6.07, 6.45) is 2.12. The first kappa shape index (κ1) is 17.1. The molecule has 3 rings (SSSR count). The molecule has 0 radical (unpaired) electrons. The summed E-state index contributed by atoms with van der Waals surface area (Å²) in [7, 11) is 0. The molecule has 132 valence electrons. The van der Waals surface area contributed by atoms with Gasteiger partial charge in [-0.2, -0.15) is 9.90 Å². The van der Waals surface area contributed by atoms with Crippen LogP contribution in [0.4, 0.5) is 0 Å². The van der Waals surface area contributed by atoms with Crippen molar-refractivity contribution in [1.29, 1.82) is 0 Å². The zero-order valence-electron chi connectivity index (χ0n) is 14.5. The number of carbonyl (C=O) groups excluding carboxylic acids is 2. The van der Waals surface area contributed by atoms with E-state index in [1.165, 1.54) is 4.80 Å². The maximum Gasteiger partial charge on any atom is 0.361 e. The molecule has 1 atom stereocenters. The molecule has 1 aromatic heterocycles. The molecule has 7 heteroatoms. The molecule has 1 saturated heterocycles. The highest BCUT2D eigenvalue weighted by Gasteiger charge is 2.23. The number of esters is 1. The number of carbonyl (C=O) groups is 2. The van der Waals surface area contributed by atoms with Gasteiger partial charge >= 0.3 is 5.97 Å². The molecule has 0 aliphatic carbocycles. The third-order valence-corrected chi connectivity index (χ3v) is 4.30. The van der Waals surface area contributed by atoms with E-state index in [1.807, 2.05) is 30.3 Å². The molecule has 0 saturated carbocycles. The number of amides is 1. The van der Waals surface area contributed by atoms with Crippen LogP contribution in [0.5, 0.6) is 0 Å². The van der Waals surface area contributed by atoms with Gasteiger partial charge in [0.2, 0.25) is 0 Å². The van der Waals surface area contributed by atoms with Crippen LogP contribution in [0.1, 0.15) is 35.9 Å². The normalized spacial score (nSPS) is 17.4. The van der Waals surface area contributed by atoms with Crippen molar-refractivity contribution < 1.29 is 14.3 Å². The van der Waals surface area contributed by atoms with Crippen LogP contribution in [-0.2, 0) is 9.53 Å². The van der Waals surface area contributed by atoms with E-state index in [-0.39, 0.29) is 18.2 Å². The van der Waals surface area contributed by atoms with Crippen molar-refractivity contribution in [1.82, 2.24) is 19.9 Å². The van der Waals surface area contributed by atoms with Gasteiger partial charge in [0.15, 0.2) is 12.3 Å². The number of para-hydroxylation sites is 1. The second-order valence-electron chi connectivity index (χ2n) is 6.42. The van der Waals surface area contributed by atoms with Crippen molar-refractivity contribution in [2.75, 3.05) is 19.7 Å². The number of hydrogen-bond acceptors (Lipinski definition) is 5. The number of rotatable bonds is 4. The summed E-state index contributed by atoms with van der Waals surface area (Å²) in [4.78, 5) is 27.6. The Morgan fingerprint density at radius 2 is 2.00 bits per heavy atom. The molecule has 1 aliphatic heterocycles. The minimum Gasteiger partial charge on any atom is -0.451 e. The molecule has 0 bridgehead atoms. The van der Waals surface area contributed by atoms with E-state index in [0.29, 0.717) is 11.6 Å². The highest BCUT2D eigenvalue weighted by Crippen LogP contribution is 2.15. The number of nitrogens with zero attached hydrogens (tertiary/aromatic N) is 4. The van der Waals surface area contributed by atoms with Crippen molar-refractivity contribution in [3.05, 3.63) is 41.7 Å². The first-order chi connectivity index (χ1) is 12.0. The van der Waals surface area contributed by atoms with Crippen LogP contribution in [-0.4, -0.2) is 51.5 Å². The minimum atomic E-state index is -0.627. The van der Waals surface area contributed by atoms with Gasteiger partial charge in [-0.1, -0.05) is 25.1 Å². The lowest BCUT2D eigenvalue weighted by Gasteiger charge is -2.30. The molecule has 1 fully saturated rings. The highest BCUT2D eigenvalue weighted by atomic mass is 16.5. The standard InChI is InChI=1S/C18H22N4O3/c1-13-7-6-10-21(11-13)16(23)12-25-18(24)17-14(2)19-22(20-17)15-8-4-3-5-9-15/h3-5,8-9,13H,6-7,10-12H2,1-2H3/t13-/m1/s1. The average molecular weight is 342 g/mol.